The zero-order valence-corrected chi connectivity index (χ0v) is 21.1. The third kappa shape index (κ3) is 4.50. The van der Waals surface area contributed by atoms with E-state index >= 15 is 0 Å². The molecule has 1 atom stereocenters. The maximum Gasteiger partial charge on any atom is 0.300 e. The van der Waals surface area contributed by atoms with Crippen molar-refractivity contribution in [3.8, 4) is 17.2 Å². The number of ether oxygens (including phenoxy) is 3. The summed E-state index contributed by atoms with van der Waals surface area (Å²) in [6, 6.07) is 16.3. The topological polar surface area (TPSA) is 85.3 Å². The molecule has 0 saturated carbocycles. The first-order valence-electron chi connectivity index (χ1n) is 11.3. The molecule has 4 rings (SSSR count). The van der Waals surface area contributed by atoms with Crippen molar-refractivity contribution in [1.29, 1.82) is 0 Å². The highest BCUT2D eigenvalue weighted by Crippen LogP contribution is 2.44. The summed E-state index contributed by atoms with van der Waals surface area (Å²) in [4.78, 5) is 28.2. The molecule has 1 heterocycles. The van der Waals surface area contributed by atoms with Crippen molar-refractivity contribution in [2.75, 3.05) is 26.2 Å². The monoisotopic (exact) mass is 507 g/mol. The van der Waals surface area contributed by atoms with Gasteiger partial charge in [0, 0.05) is 23.8 Å². The van der Waals surface area contributed by atoms with E-state index < -0.39 is 17.7 Å². The van der Waals surface area contributed by atoms with Crippen LogP contribution in [0.1, 0.15) is 29.7 Å². The fourth-order valence-corrected chi connectivity index (χ4v) is 4.44. The van der Waals surface area contributed by atoms with Crippen LogP contribution in [-0.2, 0) is 16.0 Å². The number of aryl methyl sites for hydroxylation is 1. The number of aliphatic hydroxyl groups is 1. The van der Waals surface area contributed by atoms with Gasteiger partial charge in [0.15, 0.2) is 0 Å². The molecule has 0 radical (unpaired) electrons. The predicted molar refractivity (Wildman–Crippen MR) is 138 cm³/mol. The summed E-state index contributed by atoms with van der Waals surface area (Å²) in [6.07, 6.45) is 0.831. The Kier molecular flexibility index (Phi) is 7.22. The Bertz CT molecular complexity index is 1330. The number of methoxy groups -OCH3 is 3. The molecule has 1 amide bonds. The van der Waals surface area contributed by atoms with Crippen molar-refractivity contribution in [1.82, 2.24) is 0 Å². The van der Waals surface area contributed by atoms with Crippen LogP contribution in [0.2, 0.25) is 5.02 Å². The van der Waals surface area contributed by atoms with Gasteiger partial charge in [0.2, 0.25) is 0 Å². The molecule has 7 nitrogen and oxygen atoms in total. The van der Waals surface area contributed by atoms with Gasteiger partial charge in [-0.1, -0.05) is 42.8 Å². The van der Waals surface area contributed by atoms with Crippen molar-refractivity contribution in [2.45, 2.75) is 19.4 Å². The molecule has 0 spiro atoms. The molecule has 1 N–H and O–H groups in total. The maximum atomic E-state index is 13.4. The van der Waals surface area contributed by atoms with E-state index in [1.807, 2.05) is 31.2 Å². The molecular weight excluding hydrogens is 482 g/mol. The first kappa shape index (κ1) is 25.1. The number of rotatable bonds is 7. The Morgan fingerprint density at radius 3 is 2.11 bits per heavy atom. The lowest BCUT2D eigenvalue weighted by molar-refractivity contribution is -0.132. The van der Waals surface area contributed by atoms with E-state index in [1.165, 1.54) is 32.3 Å². The van der Waals surface area contributed by atoms with Gasteiger partial charge in [0.1, 0.15) is 23.0 Å². The standard InChI is InChI=1S/C28H26ClNO6/c1-5-16-6-8-17(9-7-16)25-24(26(31)18-10-11-22(29)23(12-18)36-4)27(32)28(33)30(25)19-13-20(34-2)15-21(14-19)35-3/h6-15,25,31H,5H2,1-4H3/b26-24+. The van der Waals surface area contributed by atoms with Crippen LogP contribution < -0.4 is 19.1 Å². The van der Waals surface area contributed by atoms with Gasteiger partial charge in [-0.2, -0.15) is 0 Å². The van der Waals surface area contributed by atoms with Gasteiger partial charge in [-0.25, -0.2) is 0 Å². The van der Waals surface area contributed by atoms with Crippen LogP contribution in [0.3, 0.4) is 0 Å². The number of benzene rings is 3. The quantitative estimate of drug-likeness (QED) is 0.256. The molecule has 36 heavy (non-hydrogen) atoms. The minimum absolute atomic E-state index is 0.0459. The molecule has 1 fully saturated rings. The summed E-state index contributed by atoms with van der Waals surface area (Å²) < 4.78 is 16.0. The second kappa shape index (κ2) is 10.3. The van der Waals surface area contributed by atoms with E-state index in [4.69, 9.17) is 25.8 Å². The lowest BCUT2D eigenvalue weighted by atomic mass is 9.94. The fraction of sp³-hybridized carbons (Fsp3) is 0.214. The SMILES string of the molecule is CCc1ccc(C2/C(=C(\O)c3ccc(Cl)c(OC)c3)C(=O)C(=O)N2c2cc(OC)cc(OC)c2)cc1. The largest absolute Gasteiger partial charge is 0.507 e. The molecule has 3 aromatic rings. The van der Waals surface area contributed by atoms with Crippen LogP contribution in [0.5, 0.6) is 17.2 Å². The van der Waals surface area contributed by atoms with E-state index in [0.717, 1.165) is 12.0 Å². The molecule has 0 aliphatic carbocycles. The molecule has 3 aromatic carbocycles. The zero-order valence-electron chi connectivity index (χ0n) is 20.4. The molecule has 0 bridgehead atoms. The van der Waals surface area contributed by atoms with Gasteiger partial charge in [0.05, 0.1) is 43.7 Å². The number of carbonyl (C=O) groups excluding carboxylic acids is 2. The van der Waals surface area contributed by atoms with Gasteiger partial charge < -0.3 is 19.3 Å². The lowest BCUT2D eigenvalue weighted by Crippen LogP contribution is -2.29. The van der Waals surface area contributed by atoms with Crippen LogP contribution >= 0.6 is 11.6 Å². The molecular formula is C28H26ClNO6. The lowest BCUT2D eigenvalue weighted by Gasteiger charge is -2.26. The van der Waals surface area contributed by atoms with Crippen molar-refractivity contribution in [3.63, 3.8) is 0 Å². The number of carbonyl (C=O) groups is 2. The van der Waals surface area contributed by atoms with Crippen LogP contribution in [0.4, 0.5) is 5.69 Å². The molecule has 186 valence electrons. The highest BCUT2D eigenvalue weighted by Gasteiger charge is 2.47. The number of halogens is 1. The summed E-state index contributed by atoms with van der Waals surface area (Å²) >= 11 is 6.15. The summed E-state index contributed by atoms with van der Waals surface area (Å²) in [6.45, 7) is 2.04. The van der Waals surface area contributed by atoms with Gasteiger partial charge in [0.25, 0.3) is 11.7 Å². The van der Waals surface area contributed by atoms with Gasteiger partial charge in [-0.15, -0.1) is 0 Å². The van der Waals surface area contributed by atoms with Crippen molar-refractivity contribution in [2.24, 2.45) is 0 Å². The smallest absolute Gasteiger partial charge is 0.300 e. The number of nitrogens with zero attached hydrogens (tertiary/aromatic N) is 1. The fourth-order valence-electron chi connectivity index (χ4n) is 4.24. The predicted octanol–water partition coefficient (Wildman–Crippen LogP) is 5.55. The average molecular weight is 508 g/mol. The third-order valence-electron chi connectivity index (χ3n) is 6.19. The van der Waals surface area contributed by atoms with Crippen molar-refractivity contribution >= 4 is 34.7 Å². The van der Waals surface area contributed by atoms with Gasteiger partial charge in [-0.3, -0.25) is 14.5 Å². The Morgan fingerprint density at radius 1 is 0.917 bits per heavy atom. The van der Waals surface area contributed by atoms with E-state index in [1.54, 1.807) is 30.3 Å². The summed E-state index contributed by atoms with van der Waals surface area (Å²) in [7, 11) is 4.46. The Hall–Kier alpha value is -3.97. The normalized spacial score (nSPS) is 16.8. The summed E-state index contributed by atoms with van der Waals surface area (Å²) in [5.74, 6) is -0.686. The second-order valence-electron chi connectivity index (χ2n) is 8.18. The Morgan fingerprint density at radius 2 is 1.56 bits per heavy atom. The Balaban J connectivity index is 1.96. The minimum atomic E-state index is -0.894. The molecule has 1 unspecified atom stereocenters. The van der Waals surface area contributed by atoms with Crippen LogP contribution in [0, 0.1) is 0 Å². The average Bonchev–Trinajstić information content (AvgIpc) is 3.18. The number of aliphatic hydroxyl groups excluding tert-OH is 1. The first-order chi connectivity index (χ1) is 17.3. The molecule has 1 aliphatic rings. The highest BCUT2D eigenvalue weighted by atomic mass is 35.5. The van der Waals surface area contributed by atoms with E-state index in [9.17, 15) is 14.7 Å². The first-order valence-corrected chi connectivity index (χ1v) is 11.7. The van der Waals surface area contributed by atoms with Gasteiger partial charge >= 0.3 is 0 Å². The molecule has 1 saturated heterocycles. The number of hydrogen-bond acceptors (Lipinski definition) is 6. The van der Waals surface area contributed by atoms with E-state index in [0.29, 0.717) is 39.1 Å². The van der Waals surface area contributed by atoms with Crippen LogP contribution in [0.25, 0.3) is 5.76 Å². The van der Waals surface area contributed by atoms with E-state index in [2.05, 4.69) is 0 Å². The zero-order chi connectivity index (χ0) is 26.0. The molecule has 8 heteroatoms. The highest BCUT2D eigenvalue weighted by molar-refractivity contribution is 6.51. The number of Topliss-reactive ketones (excluding diaryl/α,β-unsaturated/α-hetero) is 1. The third-order valence-corrected chi connectivity index (χ3v) is 6.50. The number of amides is 1. The number of anilines is 1. The molecule has 0 aromatic heterocycles. The van der Waals surface area contributed by atoms with Gasteiger partial charge in [-0.05, 0) is 35.7 Å². The van der Waals surface area contributed by atoms with Crippen molar-refractivity contribution < 1.29 is 28.9 Å². The second-order valence-corrected chi connectivity index (χ2v) is 8.59. The van der Waals surface area contributed by atoms with Crippen molar-refractivity contribution in [3.05, 3.63) is 87.9 Å². The Labute approximate surface area is 214 Å². The van der Waals surface area contributed by atoms with Crippen LogP contribution in [0.15, 0.2) is 66.2 Å². The van der Waals surface area contributed by atoms with Crippen LogP contribution in [-0.4, -0.2) is 38.1 Å². The van der Waals surface area contributed by atoms with E-state index in [-0.39, 0.29) is 11.3 Å². The maximum absolute atomic E-state index is 13.4. The summed E-state index contributed by atoms with van der Waals surface area (Å²) in [5.41, 5.74) is 2.41. The molecule has 1 aliphatic heterocycles. The summed E-state index contributed by atoms with van der Waals surface area (Å²) in [5, 5.41) is 11.7. The number of ketones is 1. The number of hydrogen-bond donors (Lipinski definition) is 1. The minimum Gasteiger partial charge on any atom is -0.507 e.